The number of amides is 1. The van der Waals surface area contributed by atoms with E-state index >= 15 is 0 Å². The molecule has 5 nitrogen and oxygen atoms in total. The first-order valence-corrected chi connectivity index (χ1v) is 7.62. The summed E-state index contributed by atoms with van der Waals surface area (Å²) < 4.78 is 0. The molecule has 1 aromatic rings. The number of aromatic nitrogens is 1. The highest BCUT2D eigenvalue weighted by Crippen LogP contribution is 2.17. The van der Waals surface area contributed by atoms with Gasteiger partial charge in [0.1, 0.15) is 0 Å². The maximum Gasteiger partial charge on any atom is 0.287 e. The summed E-state index contributed by atoms with van der Waals surface area (Å²) in [6, 6.07) is 5.95. The molecule has 5 heteroatoms. The standard InChI is InChI=1S/C16H23N3O2/c1-2-15(20)16(21)18-10-13-6-5-9-19(11-13)12-14-7-3-4-8-17-14/h3-4,7-8,13H,2,5-6,9-12H2,1H3,(H,18,21)/t13-/m0/s1. The Hall–Kier alpha value is -1.75. The van der Waals surface area contributed by atoms with Crippen molar-refractivity contribution in [1.29, 1.82) is 0 Å². The molecular formula is C16H23N3O2. The molecule has 0 saturated carbocycles. The van der Waals surface area contributed by atoms with Crippen molar-refractivity contribution in [2.75, 3.05) is 19.6 Å². The highest BCUT2D eigenvalue weighted by molar-refractivity contribution is 6.36. The summed E-state index contributed by atoms with van der Waals surface area (Å²) in [5, 5.41) is 2.76. The third-order valence-corrected chi connectivity index (χ3v) is 3.84. The molecule has 1 aliphatic heterocycles. The number of piperidine rings is 1. The van der Waals surface area contributed by atoms with Gasteiger partial charge >= 0.3 is 0 Å². The average molecular weight is 289 g/mol. The van der Waals surface area contributed by atoms with E-state index in [9.17, 15) is 9.59 Å². The molecule has 1 aliphatic rings. The largest absolute Gasteiger partial charge is 0.349 e. The number of nitrogens with zero attached hydrogens (tertiary/aromatic N) is 2. The predicted octanol–water partition coefficient (Wildman–Crippen LogP) is 1.39. The fourth-order valence-corrected chi connectivity index (χ4v) is 2.68. The molecule has 2 heterocycles. The summed E-state index contributed by atoms with van der Waals surface area (Å²) in [5.74, 6) is -0.369. The lowest BCUT2D eigenvalue weighted by Crippen LogP contribution is -2.42. The van der Waals surface area contributed by atoms with Crippen LogP contribution in [0.4, 0.5) is 0 Å². The van der Waals surface area contributed by atoms with Crippen molar-refractivity contribution in [3.8, 4) is 0 Å². The van der Waals surface area contributed by atoms with E-state index in [2.05, 4.69) is 15.2 Å². The van der Waals surface area contributed by atoms with Crippen molar-refractivity contribution in [3.05, 3.63) is 30.1 Å². The molecule has 0 radical (unpaired) electrons. The Balaban J connectivity index is 1.78. The van der Waals surface area contributed by atoms with Crippen LogP contribution in [0.25, 0.3) is 0 Å². The van der Waals surface area contributed by atoms with E-state index in [4.69, 9.17) is 0 Å². The molecular weight excluding hydrogens is 266 g/mol. The molecule has 1 fully saturated rings. The first-order chi connectivity index (χ1) is 10.2. The molecule has 114 valence electrons. The Morgan fingerprint density at radius 2 is 2.29 bits per heavy atom. The maximum atomic E-state index is 11.5. The van der Waals surface area contributed by atoms with Crippen LogP contribution in [0, 0.1) is 5.92 Å². The van der Waals surface area contributed by atoms with Crippen LogP contribution in [0.2, 0.25) is 0 Å². The highest BCUT2D eigenvalue weighted by Gasteiger charge is 2.21. The molecule has 21 heavy (non-hydrogen) atoms. The normalized spacial score (nSPS) is 19.2. The predicted molar refractivity (Wildman–Crippen MR) is 80.5 cm³/mol. The van der Waals surface area contributed by atoms with Crippen LogP contribution in [0.15, 0.2) is 24.4 Å². The number of carbonyl (C=O) groups excluding carboxylic acids is 2. The van der Waals surface area contributed by atoms with Gasteiger partial charge in [-0.3, -0.25) is 19.5 Å². The third-order valence-electron chi connectivity index (χ3n) is 3.84. The Kier molecular flexibility index (Phi) is 5.87. The minimum atomic E-state index is -0.445. The van der Waals surface area contributed by atoms with E-state index in [1.807, 2.05) is 24.4 Å². The van der Waals surface area contributed by atoms with Gasteiger partial charge in [0.15, 0.2) is 0 Å². The zero-order valence-electron chi connectivity index (χ0n) is 12.5. The van der Waals surface area contributed by atoms with Crippen LogP contribution >= 0.6 is 0 Å². The van der Waals surface area contributed by atoms with E-state index in [-0.39, 0.29) is 12.2 Å². The van der Waals surface area contributed by atoms with Crippen LogP contribution in [-0.4, -0.2) is 41.2 Å². The summed E-state index contributed by atoms with van der Waals surface area (Å²) in [6.07, 6.45) is 4.30. The lowest BCUT2D eigenvalue weighted by Gasteiger charge is -2.32. The number of likely N-dealkylation sites (tertiary alicyclic amines) is 1. The van der Waals surface area contributed by atoms with Crippen molar-refractivity contribution in [3.63, 3.8) is 0 Å². The summed E-state index contributed by atoms with van der Waals surface area (Å²) in [6.45, 7) is 5.14. The van der Waals surface area contributed by atoms with Crippen molar-refractivity contribution in [2.45, 2.75) is 32.7 Å². The van der Waals surface area contributed by atoms with Gasteiger partial charge in [-0.15, -0.1) is 0 Å². The minimum Gasteiger partial charge on any atom is -0.349 e. The van der Waals surface area contributed by atoms with Gasteiger partial charge in [0.2, 0.25) is 5.78 Å². The van der Waals surface area contributed by atoms with Gasteiger partial charge in [-0.1, -0.05) is 13.0 Å². The van der Waals surface area contributed by atoms with Crippen molar-refractivity contribution < 1.29 is 9.59 Å². The zero-order chi connectivity index (χ0) is 15.1. The second-order valence-electron chi connectivity index (χ2n) is 5.55. The molecule has 0 spiro atoms. The lowest BCUT2D eigenvalue weighted by molar-refractivity contribution is -0.137. The fourth-order valence-electron chi connectivity index (χ4n) is 2.68. The van der Waals surface area contributed by atoms with Crippen molar-refractivity contribution in [2.24, 2.45) is 5.92 Å². The summed E-state index contributed by atoms with van der Waals surface area (Å²) in [4.78, 5) is 29.5. The number of nitrogens with one attached hydrogen (secondary N) is 1. The second kappa shape index (κ2) is 7.88. The highest BCUT2D eigenvalue weighted by atomic mass is 16.2. The maximum absolute atomic E-state index is 11.5. The zero-order valence-corrected chi connectivity index (χ0v) is 12.5. The van der Waals surface area contributed by atoms with Crippen molar-refractivity contribution in [1.82, 2.24) is 15.2 Å². The molecule has 0 bridgehead atoms. The Labute approximate surface area is 125 Å². The van der Waals surface area contributed by atoms with Gasteiger partial charge in [-0.05, 0) is 37.4 Å². The summed E-state index contributed by atoms with van der Waals surface area (Å²) >= 11 is 0. The molecule has 1 aromatic heterocycles. The number of Topliss-reactive ketones (excluding diaryl/α,β-unsaturated/α-hetero) is 1. The van der Waals surface area contributed by atoms with Crippen LogP contribution in [0.3, 0.4) is 0 Å². The third kappa shape index (κ3) is 4.93. The van der Waals surface area contributed by atoms with E-state index in [0.717, 1.165) is 38.2 Å². The number of carbonyl (C=O) groups is 2. The quantitative estimate of drug-likeness (QED) is 0.804. The van der Waals surface area contributed by atoms with Gasteiger partial charge in [-0.25, -0.2) is 0 Å². The molecule has 1 N–H and O–H groups in total. The summed E-state index contributed by atoms with van der Waals surface area (Å²) in [7, 11) is 0. The summed E-state index contributed by atoms with van der Waals surface area (Å²) in [5.41, 5.74) is 1.07. The van der Waals surface area contributed by atoms with E-state index in [0.29, 0.717) is 12.5 Å². The minimum absolute atomic E-state index is 0.266. The van der Waals surface area contributed by atoms with Crippen LogP contribution < -0.4 is 5.32 Å². The molecule has 0 aromatic carbocycles. The first kappa shape index (κ1) is 15.6. The molecule has 1 atom stereocenters. The number of hydrogen-bond acceptors (Lipinski definition) is 4. The van der Waals surface area contributed by atoms with Gasteiger partial charge in [0, 0.05) is 32.3 Å². The van der Waals surface area contributed by atoms with Crippen LogP contribution in [0.1, 0.15) is 31.9 Å². The van der Waals surface area contributed by atoms with E-state index < -0.39 is 5.91 Å². The van der Waals surface area contributed by atoms with Crippen molar-refractivity contribution >= 4 is 11.7 Å². The van der Waals surface area contributed by atoms with Gasteiger partial charge in [0.05, 0.1) is 5.69 Å². The van der Waals surface area contributed by atoms with E-state index in [1.54, 1.807) is 6.92 Å². The molecule has 2 rings (SSSR count). The van der Waals surface area contributed by atoms with Crippen LogP contribution in [-0.2, 0) is 16.1 Å². The number of hydrogen-bond donors (Lipinski definition) is 1. The smallest absolute Gasteiger partial charge is 0.287 e. The molecule has 0 unspecified atom stereocenters. The SMILES string of the molecule is CCC(=O)C(=O)NC[C@@H]1CCCN(Cc2ccccn2)C1. The number of rotatable bonds is 6. The Bertz CT molecular complexity index is 476. The second-order valence-corrected chi connectivity index (χ2v) is 5.55. The topological polar surface area (TPSA) is 62.3 Å². The Morgan fingerprint density at radius 3 is 3.00 bits per heavy atom. The van der Waals surface area contributed by atoms with Crippen LogP contribution in [0.5, 0.6) is 0 Å². The number of ketones is 1. The molecule has 1 amide bonds. The molecule has 0 aliphatic carbocycles. The van der Waals surface area contributed by atoms with E-state index in [1.165, 1.54) is 0 Å². The lowest BCUT2D eigenvalue weighted by atomic mass is 9.97. The Morgan fingerprint density at radius 1 is 1.43 bits per heavy atom. The monoisotopic (exact) mass is 289 g/mol. The average Bonchev–Trinajstić information content (AvgIpc) is 2.53. The van der Waals surface area contributed by atoms with Gasteiger partial charge in [0.25, 0.3) is 5.91 Å². The van der Waals surface area contributed by atoms with Gasteiger partial charge < -0.3 is 5.32 Å². The molecule has 1 saturated heterocycles. The number of pyridine rings is 1. The fraction of sp³-hybridized carbons (Fsp3) is 0.562. The first-order valence-electron chi connectivity index (χ1n) is 7.62. The van der Waals surface area contributed by atoms with Gasteiger partial charge in [-0.2, -0.15) is 0 Å².